The largest absolute Gasteiger partial charge is 0.359 e. The molecule has 7 heteroatoms. The van der Waals surface area contributed by atoms with Crippen molar-refractivity contribution in [1.82, 2.24) is 14.8 Å². The Morgan fingerprint density at radius 2 is 2.20 bits per heavy atom. The average Bonchev–Trinajstić information content (AvgIpc) is 2.74. The van der Waals surface area contributed by atoms with Gasteiger partial charge in [-0.05, 0) is 28.0 Å². The maximum Gasteiger partial charge on any atom is 0.169 e. The number of carbonyl (C=O) groups excluding carboxylic acids is 1. The van der Waals surface area contributed by atoms with Crippen LogP contribution in [0.4, 0.5) is 0 Å². The number of ether oxygens (including phenoxy) is 1. The molecule has 0 spiro atoms. The lowest BCUT2D eigenvalue weighted by Crippen LogP contribution is -2.22. The first-order valence-corrected chi connectivity index (χ1v) is 11.0. The van der Waals surface area contributed by atoms with E-state index in [0.29, 0.717) is 22.5 Å². The second-order valence-corrected chi connectivity index (χ2v) is 12.4. The van der Waals surface area contributed by atoms with Crippen molar-refractivity contribution in [2.24, 2.45) is 0 Å². The van der Waals surface area contributed by atoms with Crippen LogP contribution in [0.1, 0.15) is 10.5 Å². The average molecular weight is 356 g/mol. The molecule has 0 fully saturated rings. The van der Waals surface area contributed by atoms with E-state index in [-0.39, 0.29) is 0 Å². The van der Waals surface area contributed by atoms with Crippen LogP contribution in [0.25, 0.3) is 11.0 Å². The van der Waals surface area contributed by atoms with Gasteiger partial charge in [-0.3, -0.25) is 4.79 Å². The summed E-state index contributed by atoms with van der Waals surface area (Å²) in [6.07, 6.45) is 2.45. The Labute approximate surface area is 127 Å². The van der Waals surface area contributed by atoms with Crippen LogP contribution in [-0.4, -0.2) is 35.7 Å². The minimum absolute atomic E-state index is 0.362. The molecule has 0 bridgehead atoms. The van der Waals surface area contributed by atoms with E-state index in [0.717, 1.165) is 24.3 Å². The molecule has 2 rings (SSSR count). The zero-order chi connectivity index (χ0) is 14.8. The highest BCUT2D eigenvalue weighted by atomic mass is 79.9. The number of hydrogen-bond donors (Lipinski definition) is 0. The number of pyridine rings is 1. The van der Waals surface area contributed by atoms with Gasteiger partial charge in [-0.25, -0.2) is 9.67 Å². The summed E-state index contributed by atoms with van der Waals surface area (Å²) in [5.41, 5.74) is 1.05. The molecule has 108 valence electrons. The number of hydrogen-bond acceptors (Lipinski definition) is 4. The lowest BCUT2D eigenvalue weighted by Gasteiger charge is -2.15. The Balaban J connectivity index is 2.09. The van der Waals surface area contributed by atoms with Crippen molar-refractivity contribution >= 4 is 41.3 Å². The fourth-order valence-corrected chi connectivity index (χ4v) is 2.89. The molecule has 0 N–H and O–H groups in total. The van der Waals surface area contributed by atoms with Crippen LogP contribution in [0.3, 0.4) is 0 Å². The van der Waals surface area contributed by atoms with Crippen molar-refractivity contribution in [1.29, 1.82) is 0 Å². The number of halogens is 1. The van der Waals surface area contributed by atoms with E-state index in [4.69, 9.17) is 4.74 Å². The van der Waals surface area contributed by atoms with Crippen LogP contribution < -0.4 is 0 Å². The quantitative estimate of drug-likeness (QED) is 0.453. The molecule has 2 aromatic heterocycles. The summed E-state index contributed by atoms with van der Waals surface area (Å²) < 4.78 is 8.02. The Morgan fingerprint density at radius 1 is 1.45 bits per heavy atom. The van der Waals surface area contributed by atoms with E-state index in [1.54, 1.807) is 10.9 Å². The second kappa shape index (κ2) is 6.15. The Morgan fingerprint density at radius 3 is 2.85 bits per heavy atom. The number of fused-ring (bicyclic) bond motifs is 1. The normalized spacial score (nSPS) is 12.0. The predicted octanol–water partition coefficient (Wildman–Crippen LogP) is 3.32. The molecule has 0 saturated heterocycles. The van der Waals surface area contributed by atoms with Gasteiger partial charge in [0, 0.05) is 24.5 Å². The maximum absolute atomic E-state index is 10.9. The van der Waals surface area contributed by atoms with Crippen LogP contribution in [0, 0.1) is 0 Å². The van der Waals surface area contributed by atoms with Gasteiger partial charge in [-0.2, -0.15) is 5.10 Å². The van der Waals surface area contributed by atoms with E-state index in [1.165, 1.54) is 0 Å². The third kappa shape index (κ3) is 3.74. The van der Waals surface area contributed by atoms with Crippen molar-refractivity contribution in [2.45, 2.75) is 32.4 Å². The summed E-state index contributed by atoms with van der Waals surface area (Å²) in [4.78, 5) is 15.2. The van der Waals surface area contributed by atoms with Gasteiger partial charge >= 0.3 is 0 Å². The molecule has 0 aliphatic carbocycles. The summed E-state index contributed by atoms with van der Waals surface area (Å²) in [5.74, 6) is 0. The van der Waals surface area contributed by atoms with Gasteiger partial charge in [-0.15, -0.1) is 0 Å². The first kappa shape index (κ1) is 15.3. The highest BCUT2D eigenvalue weighted by Gasteiger charge is 2.13. The highest BCUT2D eigenvalue weighted by Crippen LogP contribution is 2.20. The Bertz CT molecular complexity index is 622. The van der Waals surface area contributed by atoms with Gasteiger partial charge in [0.2, 0.25) is 0 Å². The van der Waals surface area contributed by atoms with Gasteiger partial charge in [-0.1, -0.05) is 19.6 Å². The van der Waals surface area contributed by atoms with Crippen LogP contribution in [0.2, 0.25) is 25.7 Å². The molecule has 2 heterocycles. The minimum Gasteiger partial charge on any atom is -0.359 e. The molecule has 0 amide bonds. The third-order valence-corrected chi connectivity index (χ3v) is 5.25. The molecule has 0 unspecified atom stereocenters. The first-order chi connectivity index (χ1) is 9.40. The molecular formula is C13H18BrN3O2Si. The van der Waals surface area contributed by atoms with E-state index >= 15 is 0 Å². The third-order valence-electron chi connectivity index (χ3n) is 2.91. The molecule has 2 aromatic rings. The summed E-state index contributed by atoms with van der Waals surface area (Å²) in [5, 5.41) is 5.13. The topological polar surface area (TPSA) is 57.0 Å². The SMILES string of the molecule is C[Si](C)(C)CCOCn1ncc2cc(Br)c(C=O)nc21. The van der Waals surface area contributed by atoms with Gasteiger partial charge in [0.1, 0.15) is 12.4 Å². The Hall–Kier alpha value is -1.05. The smallest absolute Gasteiger partial charge is 0.169 e. The molecule has 5 nitrogen and oxygen atoms in total. The molecular weight excluding hydrogens is 338 g/mol. The number of rotatable bonds is 6. The van der Waals surface area contributed by atoms with E-state index in [2.05, 4.69) is 45.7 Å². The summed E-state index contributed by atoms with van der Waals surface area (Å²) >= 11 is 3.32. The van der Waals surface area contributed by atoms with Crippen LogP contribution in [0.15, 0.2) is 16.7 Å². The molecule has 20 heavy (non-hydrogen) atoms. The lowest BCUT2D eigenvalue weighted by atomic mass is 10.3. The molecule has 0 saturated carbocycles. The standard InChI is InChI=1S/C13H18BrN3O2Si/c1-20(2,3)5-4-19-9-17-13-10(7-15-17)6-11(14)12(8-18)16-13/h6-8H,4-5,9H2,1-3H3. The van der Waals surface area contributed by atoms with E-state index in [1.807, 2.05) is 6.07 Å². The molecule has 0 aliphatic heterocycles. The number of aromatic nitrogens is 3. The van der Waals surface area contributed by atoms with Gasteiger partial charge in [0.05, 0.1) is 6.20 Å². The zero-order valence-corrected chi connectivity index (χ0v) is 14.5. The van der Waals surface area contributed by atoms with Gasteiger partial charge < -0.3 is 4.74 Å². The van der Waals surface area contributed by atoms with Crippen LogP contribution >= 0.6 is 15.9 Å². The van der Waals surface area contributed by atoms with Crippen molar-refractivity contribution in [3.63, 3.8) is 0 Å². The Kier molecular flexibility index (Phi) is 4.72. The van der Waals surface area contributed by atoms with Gasteiger partial charge in [0.15, 0.2) is 11.9 Å². The number of nitrogens with zero attached hydrogens (tertiary/aromatic N) is 3. The molecule has 0 atom stereocenters. The lowest BCUT2D eigenvalue weighted by molar-refractivity contribution is 0.0812. The van der Waals surface area contributed by atoms with Crippen molar-refractivity contribution < 1.29 is 9.53 Å². The summed E-state index contributed by atoms with van der Waals surface area (Å²) in [6.45, 7) is 8.04. The van der Waals surface area contributed by atoms with Crippen molar-refractivity contribution in [3.8, 4) is 0 Å². The van der Waals surface area contributed by atoms with Gasteiger partial charge in [0.25, 0.3) is 0 Å². The number of carbonyl (C=O) groups is 1. The fourth-order valence-electron chi connectivity index (χ4n) is 1.70. The fraction of sp³-hybridized carbons (Fsp3) is 0.462. The van der Waals surface area contributed by atoms with Crippen molar-refractivity contribution in [2.75, 3.05) is 6.61 Å². The van der Waals surface area contributed by atoms with E-state index in [9.17, 15) is 4.79 Å². The second-order valence-electron chi connectivity index (χ2n) is 5.88. The number of aldehydes is 1. The molecule has 0 aromatic carbocycles. The maximum atomic E-state index is 10.9. The highest BCUT2D eigenvalue weighted by molar-refractivity contribution is 9.10. The first-order valence-electron chi connectivity index (χ1n) is 6.46. The summed E-state index contributed by atoms with van der Waals surface area (Å²) in [7, 11) is -1.08. The predicted molar refractivity (Wildman–Crippen MR) is 84.7 cm³/mol. The van der Waals surface area contributed by atoms with E-state index < -0.39 is 8.07 Å². The summed E-state index contributed by atoms with van der Waals surface area (Å²) in [6, 6.07) is 2.96. The van der Waals surface area contributed by atoms with Crippen molar-refractivity contribution in [3.05, 3.63) is 22.4 Å². The monoisotopic (exact) mass is 355 g/mol. The van der Waals surface area contributed by atoms with Crippen LogP contribution in [0.5, 0.6) is 0 Å². The molecule has 0 radical (unpaired) electrons. The molecule has 0 aliphatic rings. The zero-order valence-electron chi connectivity index (χ0n) is 11.9. The van der Waals surface area contributed by atoms with Crippen LogP contribution in [-0.2, 0) is 11.5 Å². The minimum atomic E-state index is -1.08.